The molecule has 0 aliphatic heterocycles. The molecule has 0 N–H and O–H groups in total. The third kappa shape index (κ3) is 5.73. The number of pyridine rings is 1. The van der Waals surface area contributed by atoms with Crippen LogP contribution in [-0.2, 0) is 0 Å². The maximum absolute atomic E-state index is 4.76. The van der Waals surface area contributed by atoms with Crippen LogP contribution in [0.4, 0.5) is 17.2 Å². The van der Waals surface area contributed by atoms with Crippen molar-refractivity contribution >= 4 is 38.7 Å². The largest absolute Gasteiger partial charge is 0.295 e. The maximum Gasteiger partial charge on any atom is 0.137 e. The first-order valence-electron chi connectivity index (χ1n) is 17.4. The number of hydrogen-bond acceptors (Lipinski definition) is 2. The number of fused-ring (bicyclic) bond motifs is 2. The van der Waals surface area contributed by atoms with Gasteiger partial charge in [-0.1, -0.05) is 158 Å². The van der Waals surface area contributed by atoms with Crippen molar-refractivity contribution < 1.29 is 0 Å². The van der Waals surface area contributed by atoms with Gasteiger partial charge < -0.3 is 0 Å². The van der Waals surface area contributed by atoms with Gasteiger partial charge in [0.2, 0.25) is 0 Å². The molecule has 0 aliphatic rings. The molecule has 51 heavy (non-hydrogen) atoms. The predicted octanol–water partition coefficient (Wildman–Crippen LogP) is 13.5. The minimum atomic E-state index is 0.871. The van der Waals surface area contributed by atoms with E-state index in [9.17, 15) is 0 Å². The molecule has 2 nitrogen and oxygen atoms in total. The third-order valence-corrected chi connectivity index (χ3v) is 9.72. The fourth-order valence-electron chi connectivity index (χ4n) is 7.35. The Morgan fingerprint density at radius 3 is 1.24 bits per heavy atom. The molecule has 8 aromatic carbocycles. The number of anilines is 3. The van der Waals surface area contributed by atoms with Crippen LogP contribution in [0.3, 0.4) is 0 Å². The number of hydrogen-bond donors (Lipinski definition) is 0. The third-order valence-electron chi connectivity index (χ3n) is 9.72. The first-order chi connectivity index (χ1) is 25.3. The van der Waals surface area contributed by atoms with Crippen molar-refractivity contribution in [3.8, 4) is 44.5 Å². The Labute approximate surface area is 298 Å². The van der Waals surface area contributed by atoms with Gasteiger partial charge in [0.25, 0.3) is 0 Å². The molecule has 1 heterocycles. The quantitative estimate of drug-likeness (QED) is 0.160. The summed E-state index contributed by atoms with van der Waals surface area (Å²) in [6.45, 7) is 0. The van der Waals surface area contributed by atoms with Crippen LogP contribution in [0.15, 0.2) is 206 Å². The molecule has 0 atom stereocenters. The normalized spacial score (nSPS) is 11.1. The Balaban J connectivity index is 1.17. The molecule has 9 rings (SSSR count). The molecule has 0 bridgehead atoms. The van der Waals surface area contributed by atoms with Crippen molar-refractivity contribution in [2.45, 2.75) is 0 Å². The smallest absolute Gasteiger partial charge is 0.137 e. The molecule has 0 saturated heterocycles. The van der Waals surface area contributed by atoms with E-state index in [0.29, 0.717) is 0 Å². The molecule has 0 fully saturated rings. The highest BCUT2D eigenvalue weighted by Crippen LogP contribution is 2.45. The Kier molecular flexibility index (Phi) is 7.88. The highest BCUT2D eigenvalue weighted by atomic mass is 15.2. The lowest BCUT2D eigenvalue weighted by Crippen LogP contribution is -2.11. The second-order valence-electron chi connectivity index (χ2n) is 12.8. The average molecular weight is 651 g/mol. The highest BCUT2D eigenvalue weighted by molar-refractivity contribution is 6.21. The van der Waals surface area contributed by atoms with Gasteiger partial charge in [0, 0.05) is 17.6 Å². The molecule has 0 radical (unpaired) electrons. The summed E-state index contributed by atoms with van der Waals surface area (Å²) < 4.78 is 0. The van der Waals surface area contributed by atoms with Gasteiger partial charge >= 0.3 is 0 Å². The molecule has 0 amide bonds. The average Bonchev–Trinajstić information content (AvgIpc) is 3.22. The van der Waals surface area contributed by atoms with E-state index in [-0.39, 0.29) is 0 Å². The number of benzene rings is 8. The fourth-order valence-corrected chi connectivity index (χ4v) is 7.35. The minimum Gasteiger partial charge on any atom is -0.295 e. The summed E-state index contributed by atoms with van der Waals surface area (Å²) in [4.78, 5) is 6.98. The van der Waals surface area contributed by atoms with Crippen LogP contribution in [0.2, 0.25) is 0 Å². The Hall–Kier alpha value is -6.77. The van der Waals surface area contributed by atoms with Gasteiger partial charge in [-0.15, -0.1) is 0 Å². The van der Waals surface area contributed by atoms with Crippen molar-refractivity contribution in [3.63, 3.8) is 0 Å². The molecule has 9 aromatic rings. The highest BCUT2D eigenvalue weighted by Gasteiger charge is 2.18. The van der Waals surface area contributed by atoms with E-state index in [1.165, 1.54) is 66.1 Å². The fraction of sp³-hybridized carbons (Fsp3) is 0. The van der Waals surface area contributed by atoms with E-state index in [2.05, 4.69) is 193 Å². The Bertz CT molecular complexity index is 2540. The van der Waals surface area contributed by atoms with Crippen molar-refractivity contribution in [2.24, 2.45) is 0 Å². The molecule has 0 unspecified atom stereocenters. The number of aromatic nitrogens is 1. The molecular weight excluding hydrogens is 617 g/mol. The molecule has 1 aromatic heterocycles. The lowest BCUT2D eigenvalue weighted by atomic mass is 9.85. The lowest BCUT2D eigenvalue weighted by molar-refractivity contribution is 1.18. The van der Waals surface area contributed by atoms with Crippen LogP contribution in [0.5, 0.6) is 0 Å². The Morgan fingerprint density at radius 2 is 0.706 bits per heavy atom. The maximum atomic E-state index is 4.76. The second kappa shape index (κ2) is 13.3. The summed E-state index contributed by atoms with van der Waals surface area (Å²) in [6.07, 6.45) is 1.85. The molecule has 2 heteroatoms. The summed E-state index contributed by atoms with van der Waals surface area (Å²) >= 11 is 0. The van der Waals surface area contributed by atoms with E-state index >= 15 is 0 Å². The zero-order valence-corrected chi connectivity index (χ0v) is 28.0. The molecule has 0 saturated carbocycles. The molecule has 0 aliphatic carbocycles. The van der Waals surface area contributed by atoms with Crippen LogP contribution in [0, 0.1) is 0 Å². The number of rotatable bonds is 7. The van der Waals surface area contributed by atoms with E-state index in [4.69, 9.17) is 4.98 Å². The molecular formula is C49H34N2. The topological polar surface area (TPSA) is 16.1 Å². The van der Waals surface area contributed by atoms with Gasteiger partial charge in [-0.25, -0.2) is 4.98 Å². The number of nitrogens with zero attached hydrogens (tertiary/aromatic N) is 2. The first kappa shape index (κ1) is 30.3. The van der Waals surface area contributed by atoms with Gasteiger partial charge in [-0.3, -0.25) is 4.90 Å². The van der Waals surface area contributed by atoms with E-state index < -0.39 is 0 Å². The van der Waals surface area contributed by atoms with Gasteiger partial charge in [-0.05, 0) is 109 Å². The Morgan fingerprint density at radius 1 is 0.294 bits per heavy atom. The molecule has 240 valence electrons. The molecule has 0 spiro atoms. The zero-order chi connectivity index (χ0) is 34.0. The summed E-state index contributed by atoms with van der Waals surface area (Å²) in [5.74, 6) is 0.871. The van der Waals surface area contributed by atoms with Crippen LogP contribution in [0.25, 0.3) is 66.1 Å². The predicted molar refractivity (Wildman–Crippen MR) is 216 cm³/mol. The summed E-state index contributed by atoms with van der Waals surface area (Å²) in [6, 6.07) is 71.5. The van der Waals surface area contributed by atoms with Crippen LogP contribution in [-0.4, -0.2) is 4.98 Å². The van der Waals surface area contributed by atoms with Crippen molar-refractivity contribution in [1.29, 1.82) is 0 Å². The monoisotopic (exact) mass is 650 g/mol. The van der Waals surface area contributed by atoms with E-state index in [1.807, 2.05) is 18.3 Å². The standard InChI is InChI=1S/C49H34N2/c1-3-14-35(15-4-1)37-25-29-41(30-26-37)51(47-24-11-12-33-50-47)42-31-27-38(28-32-42)48-43-20-7-9-22-45(43)49(46-23-10-8-21-44(46)48)40-19-13-18-39(34-40)36-16-5-2-6-17-36/h1-34H. The lowest BCUT2D eigenvalue weighted by Gasteiger charge is -2.25. The summed E-state index contributed by atoms with van der Waals surface area (Å²) in [7, 11) is 0. The van der Waals surface area contributed by atoms with Crippen LogP contribution in [0.1, 0.15) is 0 Å². The van der Waals surface area contributed by atoms with Crippen molar-refractivity contribution in [2.75, 3.05) is 4.90 Å². The van der Waals surface area contributed by atoms with E-state index in [1.54, 1.807) is 0 Å². The first-order valence-corrected chi connectivity index (χ1v) is 17.4. The van der Waals surface area contributed by atoms with Gasteiger partial charge in [0.15, 0.2) is 0 Å². The minimum absolute atomic E-state index is 0.871. The van der Waals surface area contributed by atoms with Crippen molar-refractivity contribution in [3.05, 3.63) is 206 Å². The van der Waals surface area contributed by atoms with E-state index in [0.717, 1.165) is 17.2 Å². The van der Waals surface area contributed by atoms with Crippen LogP contribution >= 0.6 is 0 Å². The summed E-state index contributed by atoms with van der Waals surface area (Å²) in [5, 5.41) is 4.97. The summed E-state index contributed by atoms with van der Waals surface area (Å²) in [5.41, 5.74) is 11.8. The van der Waals surface area contributed by atoms with Crippen molar-refractivity contribution in [1.82, 2.24) is 4.98 Å². The SMILES string of the molecule is c1ccc(-c2ccc(N(c3ccc(-c4c5ccccc5c(-c5cccc(-c6ccccc6)c5)c5ccccc45)cc3)c3ccccn3)cc2)cc1. The van der Waals surface area contributed by atoms with Gasteiger partial charge in [0.1, 0.15) is 5.82 Å². The second-order valence-corrected chi connectivity index (χ2v) is 12.8. The zero-order valence-electron chi connectivity index (χ0n) is 28.0. The van der Waals surface area contributed by atoms with Gasteiger partial charge in [-0.2, -0.15) is 0 Å². The van der Waals surface area contributed by atoms with Gasteiger partial charge in [0.05, 0.1) is 0 Å². The van der Waals surface area contributed by atoms with Crippen LogP contribution < -0.4 is 4.90 Å².